The third-order valence-electron chi connectivity index (χ3n) is 3.22. The highest BCUT2D eigenvalue weighted by Gasteiger charge is 2.25. The van der Waals surface area contributed by atoms with Gasteiger partial charge in [-0.1, -0.05) is 0 Å². The summed E-state index contributed by atoms with van der Waals surface area (Å²) in [4.78, 5) is 32.8. The number of amides is 2. The maximum atomic E-state index is 12.1. The van der Waals surface area contributed by atoms with Crippen molar-refractivity contribution in [3.05, 3.63) is 5.82 Å². The monoisotopic (exact) mass is 281 g/mol. The van der Waals surface area contributed by atoms with Gasteiger partial charge in [0.2, 0.25) is 17.7 Å². The molecule has 0 atom stereocenters. The van der Waals surface area contributed by atoms with Gasteiger partial charge in [-0.2, -0.15) is 4.98 Å². The number of nitrogens with zero attached hydrogens (tertiary/aromatic N) is 5. The molecule has 1 fully saturated rings. The normalized spacial score (nSPS) is 16.2. The van der Waals surface area contributed by atoms with Crippen LogP contribution in [0.15, 0.2) is 0 Å². The molecule has 1 aliphatic rings. The molecule has 2 rings (SSSR count). The van der Waals surface area contributed by atoms with Crippen LogP contribution in [-0.4, -0.2) is 88.5 Å². The third-order valence-corrected chi connectivity index (χ3v) is 3.22. The summed E-state index contributed by atoms with van der Waals surface area (Å²) < 4.78 is 0. The number of nitrogen functional groups attached to an aromatic ring is 1. The summed E-state index contributed by atoms with van der Waals surface area (Å²) in [5.41, 5.74) is 5.38. The predicted octanol–water partition coefficient (Wildman–Crippen LogP) is -1.77. The van der Waals surface area contributed by atoms with Gasteiger partial charge in [-0.15, -0.1) is 5.10 Å². The molecule has 1 aromatic rings. The number of hydrogen-bond donors (Lipinski definition) is 2. The average Bonchev–Trinajstić information content (AvgIpc) is 2.85. The van der Waals surface area contributed by atoms with Crippen molar-refractivity contribution in [2.75, 3.05) is 52.6 Å². The van der Waals surface area contributed by atoms with Crippen molar-refractivity contribution in [1.82, 2.24) is 29.9 Å². The van der Waals surface area contributed by atoms with E-state index in [0.717, 1.165) is 0 Å². The van der Waals surface area contributed by atoms with Gasteiger partial charge >= 0.3 is 0 Å². The summed E-state index contributed by atoms with van der Waals surface area (Å²) in [5, 5.41) is 6.15. The lowest BCUT2D eigenvalue weighted by Gasteiger charge is -2.34. The quantitative estimate of drug-likeness (QED) is 0.678. The van der Waals surface area contributed by atoms with Crippen LogP contribution in [0.1, 0.15) is 10.6 Å². The summed E-state index contributed by atoms with van der Waals surface area (Å²) in [7, 11) is 3.47. The summed E-state index contributed by atoms with van der Waals surface area (Å²) in [5.74, 6) is 0.0597. The Morgan fingerprint density at radius 3 is 2.45 bits per heavy atom. The second kappa shape index (κ2) is 5.87. The Balaban J connectivity index is 1.85. The molecule has 20 heavy (non-hydrogen) atoms. The largest absolute Gasteiger partial charge is 0.366 e. The first-order chi connectivity index (χ1) is 9.47. The van der Waals surface area contributed by atoms with Crippen molar-refractivity contribution in [1.29, 1.82) is 0 Å². The van der Waals surface area contributed by atoms with E-state index in [1.54, 1.807) is 23.9 Å². The summed E-state index contributed by atoms with van der Waals surface area (Å²) in [6.07, 6.45) is 0. The van der Waals surface area contributed by atoms with Crippen LogP contribution in [0.2, 0.25) is 0 Å². The van der Waals surface area contributed by atoms with Crippen molar-refractivity contribution < 1.29 is 9.59 Å². The fourth-order valence-corrected chi connectivity index (χ4v) is 1.96. The Bertz CT molecular complexity index is 491. The summed E-state index contributed by atoms with van der Waals surface area (Å²) >= 11 is 0. The molecule has 1 aromatic heterocycles. The van der Waals surface area contributed by atoms with Crippen LogP contribution in [0.5, 0.6) is 0 Å². The van der Waals surface area contributed by atoms with Crippen LogP contribution in [0.4, 0.5) is 5.95 Å². The molecule has 0 spiro atoms. The Labute approximate surface area is 116 Å². The van der Waals surface area contributed by atoms with E-state index in [1.807, 2.05) is 4.90 Å². The van der Waals surface area contributed by atoms with Crippen LogP contribution in [0, 0.1) is 0 Å². The number of anilines is 1. The van der Waals surface area contributed by atoms with Gasteiger partial charge < -0.3 is 15.5 Å². The highest BCUT2D eigenvalue weighted by atomic mass is 16.2. The first kappa shape index (κ1) is 14.3. The van der Waals surface area contributed by atoms with Crippen LogP contribution in [0.3, 0.4) is 0 Å². The zero-order valence-electron chi connectivity index (χ0n) is 11.7. The molecule has 0 aromatic carbocycles. The topological polar surface area (TPSA) is 111 Å². The molecule has 0 unspecified atom stereocenters. The molecule has 2 amide bonds. The second-order valence-corrected chi connectivity index (χ2v) is 4.90. The van der Waals surface area contributed by atoms with Crippen LogP contribution in [-0.2, 0) is 4.79 Å². The lowest BCUT2D eigenvalue weighted by molar-refractivity contribution is -0.130. The van der Waals surface area contributed by atoms with E-state index in [-0.39, 0.29) is 23.6 Å². The predicted molar refractivity (Wildman–Crippen MR) is 71.8 cm³/mol. The number of nitrogens with one attached hydrogen (secondary N) is 1. The number of carbonyl (C=O) groups is 2. The Kier molecular flexibility index (Phi) is 4.18. The molecule has 0 radical (unpaired) electrons. The molecule has 0 saturated carbocycles. The zero-order chi connectivity index (χ0) is 14.7. The van der Waals surface area contributed by atoms with E-state index in [0.29, 0.717) is 32.7 Å². The average molecular weight is 281 g/mol. The van der Waals surface area contributed by atoms with E-state index >= 15 is 0 Å². The zero-order valence-corrected chi connectivity index (χ0v) is 11.7. The van der Waals surface area contributed by atoms with Gasteiger partial charge in [-0.25, -0.2) is 0 Å². The smallest absolute Gasteiger partial charge is 0.291 e. The van der Waals surface area contributed by atoms with Crippen molar-refractivity contribution in [3.8, 4) is 0 Å². The standard InChI is InChI=1S/C11H19N7O2/c1-16(2)8(19)7-17-3-5-18(6-4-17)10(20)9-13-11(12)15-14-9/h3-7H2,1-2H3,(H3,12,13,14,15). The van der Waals surface area contributed by atoms with Crippen LogP contribution < -0.4 is 5.73 Å². The minimum Gasteiger partial charge on any atom is -0.366 e. The fourth-order valence-electron chi connectivity index (χ4n) is 1.96. The molecule has 0 bridgehead atoms. The van der Waals surface area contributed by atoms with Gasteiger partial charge in [0.25, 0.3) is 5.91 Å². The molecule has 0 aliphatic carbocycles. The van der Waals surface area contributed by atoms with Crippen molar-refractivity contribution in [2.24, 2.45) is 0 Å². The molecule has 9 nitrogen and oxygen atoms in total. The van der Waals surface area contributed by atoms with Gasteiger partial charge in [0.15, 0.2) is 0 Å². The van der Waals surface area contributed by atoms with Crippen molar-refractivity contribution in [2.45, 2.75) is 0 Å². The maximum absolute atomic E-state index is 12.1. The number of nitrogens with two attached hydrogens (primary N) is 1. The highest BCUT2D eigenvalue weighted by Crippen LogP contribution is 2.06. The SMILES string of the molecule is CN(C)C(=O)CN1CCN(C(=O)c2nc(N)n[nH]2)CC1. The van der Waals surface area contributed by atoms with Gasteiger partial charge in [-0.3, -0.25) is 19.6 Å². The molecular formula is C11H19N7O2. The van der Waals surface area contributed by atoms with E-state index in [1.165, 1.54) is 0 Å². The Morgan fingerprint density at radius 2 is 1.95 bits per heavy atom. The summed E-state index contributed by atoms with van der Waals surface area (Å²) in [6, 6.07) is 0. The number of aromatic amines is 1. The first-order valence-corrected chi connectivity index (χ1v) is 6.37. The fraction of sp³-hybridized carbons (Fsp3) is 0.636. The molecule has 1 aliphatic heterocycles. The molecule has 9 heteroatoms. The Morgan fingerprint density at radius 1 is 1.30 bits per heavy atom. The van der Waals surface area contributed by atoms with Crippen molar-refractivity contribution in [3.63, 3.8) is 0 Å². The van der Waals surface area contributed by atoms with E-state index in [2.05, 4.69) is 15.2 Å². The van der Waals surface area contributed by atoms with Crippen LogP contribution >= 0.6 is 0 Å². The minimum atomic E-state index is -0.215. The van der Waals surface area contributed by atoms with Crippen molar-refractivity contribution >= 4 is 17.8 Å². The van der Waals surface area contributed by atoms with E-state index in [9.17, 15) is 9.59 Å². The molecule has 3 N–H and O–H groups in total. The van der Waals surface area contributed by atoms with Crippen LogP contribution in [0.25, 0.3) is 0 Å². The number of aromatic nitrogens is 3. The maximum Gasteiger partial charge on any atom is 0.291 e. The molecule has 110 valence electrons. The number of piperazine rings is 1. The van der Waals surface area contributed by atoms with E-state index in [4.69, 9.17) is 5.73 Å². The van der Waals surface area contributed by atoms with Gasteiger partial charge in [0.1, 0.15) is 0 Å². The number of H-pyrrole nitrogens is 1. The minimum absolute atomic E-state index is 0.0589. The molecule has 1 saturated heterocycles. The first-order valence-electron chi connectivity index (χ1n) is 6.37. The second-order valence-electron chi connectivity index (χ2n) is 4.90. The summed E-state index contributed by atoms with van der Waals surface area (Å²) in [6.45, 7) is 2.81. The lowest BCUT2D eigenvalue weighted by atomic mass is 10.3. The number of carbonyl (C=O) groups excluding carboxylic acids is 2. The van der Waals surface area contributed by atoms with Gasteiger partial charge in [-0.05, 0) is 0 Å². The highest BCUT2D eigenvalue weighted by molar-refractivity contribution is 5.90. The lowest BCUT2D eigenvalue weighted by Crippen LogP contribution is -2.51. The van der Waals surface area contributed by atoms with Gasteiger partial charge in [0, 0.05) is 40.3 Å². The molecule has 2 heterocycles. The molecular weight excluding hydrogens is 262 g/mol. The number of likely N-dealkylation sites (N-methyl/N-ethyl adjacent to an activating group) is 1. The number of rotatable bonds is 3. The van der Waals surface area contributed by atoms with E-state index < -0.39 is 0 Å². The Hall–Kier alpha value is -2.16. The third kappa shape index (κ3) is 3.23. The number of hydrogen-bond acceptors (Lipinski definition) is 6. The van der Waals surface area contributed by atoms with Gasteiger partial charge in [0.05, 0.1) is 6.54 Å².